The molecule has 6 rings (SSSR count). The van der Waals surface area contributed by atoms with Crippen molar-refractivity contribution in [3.8, 4) is 0 Å². The third-order valence-electron chi connectivity index (χ3n) is 9.30. The topological polar surface area (TPSA) is 112 Å². The number of likely N-dealkylation sites (tertiary alicyclic amines) is 1. The Morgan fingerprint density at radius 1 is 1.09 bits per heavy atom. The Labute approximate surface area is 255 Å². The van der Waals surface area contributed by atoms with E-state index in [9.17, 15) is 4.79 Å². The quantitative estimate of drug-likeness (QED) is 0.396. The van der Waals surface area contributed by atoms with Gasteiger partial charge in [-0.2, -0.15) is 19.6 Å². The van der Waals surface area contributed by atoms with Crippen molar-refractivity contribution in [2.24, 2.45) is 0 Å². The van der Waals surface area contributed by atoms with E-state index in [0.29, 0.717) is 23.9 Å². The third kappa shape index (κ3) is 6.76. The van der Waals surface area contributed by atoms with Gasteiger partial charge in [-0.25, -0.2) is 4.79 Å². The van der Waals surface area contributed by atoms with Gasteiger partial charge in [0.1, 0.15) is 5.60 Å². The zero-order valence-corrected chi connectivity index (χ0v) is 26.5. The molecule has 2 bridgehead atoms. The van der Waals surface area contributed by atoms with Crippen molar-refractivity contribution in [1.82, 2.24) is 34.3 Å². The molecule has 2 aromatic heterocycles. The number of amides is 1. The molecule has 4 aliphatic heterocycles. The van der Waals surface area contributed by atoms with Crippen molar-refractivity contribution in [1.29, 1.82) is 0 Å². The Kier molecular flexibility index (Phi) is 8.79. The molecule has 2 atom stereocenters. The zero-order chi connectivity index (χ0) is 30.1. The number of hydrogen-bond donors (Lipinski definition) is 2. The predicted octanol–water partition coefficient (Wildman–Crippen LogP) is 3.57. The number of nitrogens with one attached hydrogen (secondary N) is 2. The Bertz CT molecular complexity index is 1280. The van der Waals surface area contributed by atoms with Gasteiger partial charge < -0.3 is 29.9 Å². The first-order valence-corrected chi connectivity index (χ1v) is 16.1. The smallest absolute Gasteiger partial charge is 0.410 e. The van der Waals surface area contributed by atoms with E-state index in [1.165, 1.54) is 0 Å². The van der Waals surface area contributed by atoms with Crippen LogP contribution in [0.15, 0.2) is 18.3 Å². The monoisotopic (exact) mass is 595 g/mol. The summed E-state index contributed by atoms with van der Waals surface area (Å²) in [6, 6.07) is 0.812. The lowest BCUT2D eigenvalue weighted by atomic mass is 9.96. The fraction of sp³-hybridized carbons (Fsp3) is 0.742. The van der Waals surface area contributed by atoms with Crippen molar-refractivity contribution in [2.75, 3.05) is 64.1 Å². The second-order valence-electron chi connectivity index (χ2n) is 13.7. The van der Waals surface area contributed by atoms with Crippen molar-refractivity contribution in [2.45, 2.75) is 95.0 Å². The summed E-state index contributed by atoms with van der Waals surface area (Å²) in [6.45, 7) is 11.3. The summed E-state index contributed by atoms with van der Waals surface area (Å²) in [4.78, 5) is 29.7. The van der Waals surface area contributed by atoms with Crippen LogP contribution in [-0.2, 0) is 9.47 Å². The van der Waals surface area contributed by atoms with Gasteiger partial charge in [0.2, 0.25) is 11.9 Å². The maximum Gasteiger partial charge on any atom is 0.410 e. The van der Waals surface area contributed by atoms with Gasteiger partial charge in [-0.1, -0.05) is 26.0 Å². The van der Waals surface area contributed by atoms with E-state index in [-0.39, 0.29) is 24.2 Å². The summed E-state index contributed by atoms with van der Waals surface area (Å²) in [5.74, 6) is 1.63. The van der Waals surface area contributed by atoms with E-state index in [2.05, 4.69) is 72.6 Å². The van der Waals surface area contributed by atoms with Crippen LogP contribution in [0.1, 0.15) is 70.8 Å². The fourth-order valence-corrected chi connectivity index (χ4v) is 7.13. The first-order chi connectivity index (χ1) is 20.7. The van der Waals surface area contributed by atoms with E-state index in [1.807, 2.05) is 15.6 Å². The van der Waals surface area contributed by atoms with Crippen LogP contribution in [0.3, 0.4) is 0 Å². The number of anilines is 2. The predicted molar refractivity (Wildman–Crippen MR) is 167 cm³/mol. The van der Waals surface area contributed by atoms with Crippen molar-refractivity contribution >= 4 is 23.6 Å². The van der Waals surface area contributed by atoms with Crippen LogP contribution in [0, 0.1) is 0 Å². The summed E-state index contributed by atoms with van der Waals surface area (Å²) in [5, 5.41) is 11.9. The van der Waals surface area contributed by atoms with Crippen LogP contribution in [-0.4, -0.2) is 124 Å². The molecule has 6 heterocycles. The van der Waals surface area contributed by atoms with E-state index < -0.39 is 5.60 Å². The van der Waals surface area contributed by atoms with Gasteiger partial charge in [-0.3, -0.25) is 4.90 Å². The Hall–Kier alpha value is -2.96. The third-order valence-corrected chi connectivity index (χ3v) is 9.30. The molecule has 1 amide bonds. The molecule has 0 radical (unpaired) electrons. The van der Waals surface area contributed by atoms with Crippen LogP contribution >= 0.6 is 0 Å². The minimum atomic E-state index is -0.421. The molecule has 2 N–H and O–H groups in total. The normalized spacial score (nSPS) is 26.0. The largest absolute Gasteiger partial charge is 0.440 e. The molecule has 0 spiro atoms. The van der Waals surface area contributed by atoms with Gasteiger partial charge in [-0.05, 0) is 65.5 Å². The first-order valence-electron chi connectivity index (χ1n) is 16.1. The SMILES string of the molecule is CC(C)c1cnn2c(NC3CC4CCC(C3)N4C(=O)OC3(C)CN(C/C=C/CN(C)C)C3)nc(NC3CCOCC3)nc12. The summed E-state index contributed by atoms with van der Waals surface area (Å²) in [7, 11) is 4.13. The van der Waals surface area contributed by atoms with Crippen LogP contribution in [0.2, 0.25) is 0 Å². The molecule has 2 unspecified atom stereocenters. The number of hydrogen-bond acceptors (Lipinski definition) is 10. The van der Waals surface area contributed by atoms with Crippen molar-refractivity contribution in [3.05, 3.63) is 23.9 Å². The van der Waals surface area contributed by atoms with Crippen LogP contribution in [0.25, 0.3) is 5.65 Å². The van der Waals surface area contributed by atoms with Gasteiger partial charge >= 0.3 is 6.09 Å². The number of carbonyl (C=O) groups is 1. The number of rotatable bonds is 10. The van der Waals surface area contributed by atoms with Gasteiger partial charge in [0.25, 0.3) is 0 Å². The van der Waals surface area contributed by atoms with Crippen LogP contribution in [0.4, 0.5) is 16.7 Å². The minimum absolute atomic E-state index is 0.155. The van der Waals surface area contributed by atoms with Gasteiger partial charge in [-0.15, -0.1) is 0 Å². The van der Waals surface area contributed by atoms with E-state index >= 15 is 0 Å². The molecular formula is C31H49N9O3. The number of piperidine rings is 1. The average molecular weight is 596 g/mol. The second kappa shape index (κ2) is 12.6. The molecule has 0 aliphatic carbocycles. The maximum absolute atomic E-state index is 13.4. The fourth-order valence-electron chi connectivity index (χ4n) is 7.13. The van der Waals surface area contributed by atoms with E-state index in [1.54, 1.807) is 0 Å². The van der Waals surface area contributed by atoms with Crippen LogP contribution in [0.5, 0.6) is 0 Å². The number of likely N-dealkylation sites (N-methyl/N-ethyl adjacent to an activating group) is 1. The van der Waals surface area contributed by atoms with Gasteiger partial charge in [0, 0.05) is 69.1 Å². The lowest BCUT2D eigenvalue weighted by Gasteiger charge is -2.48. The second-order valence-corrected chi connectivity index (χ2v) is 13.7. The Morgan fingerprint density at radius 3 is 2.49 bits per heavy atom. The zero-order valence-electron chi connectivity index (χ0n) is 26.5. The molecular weight excluding hydrogens is 546 g/mol. The number of aromatic nitrogens is 4. The molecule has 43 heavy (non-hydrogen) atoms. The highest BCUT2D eigenvalue weighted by atomic mass is 16.6. The summed E-state index contributed by atoms with van der Waals surface area (Å²) >= 11 is 0. The summed E-state index contributed by atoms with van der Waals surface area (Å²) in [5.41, 5.74) is 1.52. The van der Waals surface area contributed by atoms with Crippen molar-refractivity contribution < 1.29 is 14.3 Å². The highest BCUT2D eigenvalue weighted by Gasteiger charge is 2.48. The number of carbonyl (C=O) groups excluding carboxylic acids is 1. The lowest BCUT2D eigenvalue weighted by Crippen LogP contribution is -2.63. The first kappa shape index (κ1) is 30.1. The average Bonchev–Trinajstić information content (AvgIpc) is 3.49. The molecule has 4 saturated heterocycles. The molecule has 4 fully saturated rings. The number of ether oxygens (including phenoxy) is 2. The molecule has 236 valence electrons. The molecule has 0 saturated carbocycles. The lowest BCUT2D eigenvalue weighted by molar-refractivity contribution is -0.0993. The summed E-state index contributed by atoms with van der Waals surface area (Å²) < 4.78 is 13.5. The maximum atomic E-state index is 13.4. The van der Waals surface area contributed by atoms with Gasteiger partial charge in [0.15, 0.2) is 5.65 Å². The van der Waals surface area contributed by atoms with E-state index in [4.69, 9.17) is 19.4 Å². The molecule has 0 aromatic carbocycles. The number of fused-ring (bicyclic) bond motifs is 3. The standard InChI is InChI=1S/C31H49N9O3/c1-21(2)26-18-32-40-27(26)35-28(33-22-10-14-42-15-11-22)36-29(40)34-23-16-24-8-9-25(17-23)39(24)30(41)43-31(3)19-38(20-31)13-7-6-12-37(4)5/h6-7,18,21-25H,8-17,19-20H2,1-5H3,(H2,33,34,35,36)/b7-6+. The van der Waals surface area contributed by atoms with Gasteiger partial charge in [0.05, 0.1) is 6.20 Å². The Morgan fingerprint density at radius 2 is 1.81 bits per heavy atom. The van der Waals surface area contributed by atoms with E-state index in [0.717, 1.165) is 89.1 Å². The molecule has 4 aliphatic rings. The molecule has 12 nitrogen and oxygen atoms in total. The molecule has 2 aromatic rings. The summed E-state index contributed by atoms with van der Waals surface area (Å²) in [6.07, 6.45) is 11.7. The Balaban J connectivity index is 1.09. The minimum Gasteiger partial charge on any atom is -0.440 e. The molecule has 12 heteroatoms. The highest BCUT2D eigenvalue weighted by Crippen LogP contribution is 2.38. The number of nitrogens with zero attached hydrogens (tertiary/aromatic N) is 7. The van der Waals surface area contributed by atoms with Crippen LogP contribution < -0.4 is 10.6 Å². The van der Waals surface area contributed by atoms with Crippen molar-refractivity contribution in [3.63, 3.8) is 0 Å². The highest BCUT2D eigenvalue weighted by molar-refractivity contribution is 5.70.